The van der Waals surface area contributed by atoms with Crippen LogP contribution >= 0.6 is 11.8 Å². The van der Waals surface area contributed by atoms with Gasteiger partial charge < -0.3 is 0 Å². The van der Waals surface area contributed by atoms with Crippen molar-refractivity contribution in [2.75, 3.05) is 24.7 Å². The molecule has 2 heteroatoms. The molecule has 0 bridgehead atoms. The maximum atomic E-state index is 2.57. The molecule has 0 radical (unpaired) electrons. The van der Waals surface area contributed by atoms with E-state index in [1.807, 2.05) is 11.8 Å². The first-order valence-electron chi connectivity index (χ1n) is 4.23. The Morgan fingerprint density at radius 1 is 1.20 bits per heavy atom. The maximum absolute atomic E-state index is 2.57. The van der Waals surface area contributed by atoms with Gasteiger partial charge in [-0.05, 0) is 31.7 Å². The van der Waals surface area contributed by atoms with E-state index in [0.717, 1.165) is 0 Å². The third-order valence-corrected chi connectivity index (χ3v) is 2.88. The number of nitrogens with zero attached hydrogens (tertiary/aromatic N) is 1. The number of hydrogen-bond donors (Lipinski definition) is 0. The first-order valence-corrected chi connectivity index (χ1v) is 5.39. The molecule has 0 amide bonds. The van der Waals surface area contributed by atoms with Crippen LogP contribution in [0.2, 0.25) is 0 Å². The molecule has 0 atom stereocenters. The molecule has 10 heavy (non-hydrogen) atoms. The van der Waals surface area contributed by atoms with Crippen molar-refractivity contribution < 1.29 is 0 Å². The van der Waals surface area contributed by atoms with Gasteiger partial charge in [0.2, 0.25) is 0 Å². The number of likely N-dealkylation sites (tertiary alicyclic amines) is 1. The zero-order chi connectivity index (χ0) is 7.23. The topological polar surface area (TPSA) is 3.24 Å². The molecule has 0 spiro atoms. The lowest BCUT2D eigenvalue weighted by atomic mass is 10.1. The predicted molar refractivity (Wildman–Crippen MR) is 48.4 cm³/mol. The molecule has 1 rings (SSSR count). The minimum atomic E-state index is 1.26. The fourth-order valence-corrected chi connectivity index (χ4v) is 2.01. The van der Waals surface area contributed by atoms with E-state index in [0.29, 0.717) is 0 Å². The highest BCUT2D eigenvalue weighted by Crippen LogP contribution is 2.11. The summed E-state index contributed by atoms with van der Waals surface area (Å²) in [6.45, 7) is 4.91. The van der Waals surface area contributed by atoms with Crippen molar-refractivity contribution in [3.63, 3.8) is 0 Å². The van der Waals surface area contributed by atoms with Crippen molar-refractivity contribution in [1.29, 1.82) is 0 Å². The Balaban J connectivity index is 2.02. The first-order chi connectivity index (χ1) is 4.93. The second-order valence-electron chi connectivity index (χ2n) is 2.80. The van der Waals surface area contributed by atoms with E-state index in [4.69, 9.17) is 0 Å². The molecule has 0 N–H and O–H groups in total. The average Bonchev–Trinajstić information content (AvgIpc) is 2.03. The summed E-state index contributed by atoms with van der Waals surface area (Å²) in [5, 5.41) is 0. The lowest BCUT2D eigenvalue weighted by Gasteiger charge is -2.25. The van der Waals surface area contributed by atoms with Crippen LogP contribution in [0.5, 0.6) is 0 Å². The molecule has 1 aliphatic rings. The van der Waals surface area contributed by atoms with Crippen LogP contribution in [-0.4, -0.2) is 29.6 Å². The normalized spacial score (nSPS) is 21.3. The minimum absolute atomic E-state index is 1.26. The molecule has 0 aromatic rings. The van der Waals surface area contributed by atoms with Crippen LogP contribution in [0.3, 0.4) is 0 Å². The van der Waals surface area contributed by atoms with E-state index in [2.05, 4.69) is 11.8 Å². The summed E-state index contributed by atoms with van der Waals surface area (Å²) in [4.78, 5) is 2.57. The Bertz CT molecular complexity index is 79.3. The molecule has 0 aromatic carbocycles. The van der Waals surface area contributed by atoms with Crippen LogP contribution in [0.4, 0.5) is 0 Å². The van der Waals surface area contributed by atoms with E-state index < -0.39 is 0 Å². The first kappa shape index (κ1) is 8.41. The number of thioether (sulfide) groups is 1. The second kappa shape index (κ2) is 5.03. The van der Waals surface area contributed by atoms with Crippen LogP contribution in [0.1, 0.15) is 26.2 Å². The second-order valence-corrected chi connectivity index (χ2v) is 4.04. The zero-order valence-electron chi connectivity index (χ0n) is 6.81. The summed E-state index contributed by atoms with van der Waals surface area (Å²) in [6.07, 6.45) is 4.29. The molecule has 1 fully saturated rings. The Morgan fingerprint density at radius 2 is 1.90 bits per heavy atom. The van der Waals surface area contributed by atoms with Gasteiger partial charge in [0, 0.05) is 5.88 Å². The monoisotopic (exact) mass is 159 g/mol. The molecule has 0 saturated carbocycles. The van der Waals surface area contributed by atoms with Gasteiger partial charge in [-0.3, -0.25) is 4.90 Å². The summed E-state index contributed by atoms with van der Waals surface area (Å²) in [7, 11) is 0. The van der Waals surface area contributed by atoms with E-state index in [1.165, 1.54) is 44.0 Å². The molecule has 60 valence electrons. The summed E-state index contributed by atoms with van der Waals surface area (Å²) >= 11 is 2.04. The third-order valence-electron chi connectivity index (χ3n) is 1.93. The van der Waals surface area contributed by atoms with Crippen molar-refractivity contribution >= 4 is 11.8 Å². The standard InChI is InChI=1S/C8H17NS/c1-2-10-8-9-6-4-3-5-7-9/h2-8H2,1H3. The van der Waals surface area contributed by atoms with Gasteiger partial charge in [-0.25, -0.2) is 0 Å². The van der Waals surface area contributed by atoms with Gasteiger partial charge in [0.25, 0.3) is 0 Å². The van der Waals surface area contributed by atoms with Gasteiger partial charge in [0.15, 0.2) is 0 Å². The lowest BCUT2D eigenvalue weighted by Crippen LogP contribution is -2.29. The Kier molecular flexibility index (Phi) is 4.23. The van der Waals surface area contributed by atoms with Crippen LogP contribution in [-0.2, 0) is 0 Å². The number of rotatable bonds is 3. The summed E-state index contributed by atoms with van der Waals surface area (Å²) in [5.74, 6) is 2.52. The molecule has 1 aliphatic heterocycles. The third kappa shape index (κ3) is 2.93. The molecule has 0 aliphatic carbocycles. The summed E-state index contributed by atoms with van der Waals surface area (Å²) < 4.78 is 0. The summed E-state index contributed by atoms with van der Waals surface area (Å²) in [6, 6.07) is 0. The number of hydrogen-bond acceptors (Lipinski definition) is 2. The molecular weight excluding hydrogens is 142 g/mol. The van der Waals surface area contributed by atoms with E-state index in [1.54, 1.807) is 0 Å². The van der Waals surface area contributed by atoms with Crippen LogP contribution in [0.25, 0.3) is 0 Å². The molecule has 1 saturated heterocycles. The Labute approximate surface area is 68.2 Å². The van der Waals surface area contributed by atoms with Crippen molar-refractivity contribution in [3.05, 3.63) is 0 Å². The molecule has 1 heterocycles. The average molecular weight is 159 g/mol. The van der Waals surface area contributed by atoms with Crippen LogP contribution in [0.15, 0.2) is 0 Å². The quantitative estimate of drug-likeness (QED) is 0.621. The molecular formula is C8H17NS. The SMILES string of the molecule is CCSCN1CCCCC1. The Hall–Kier alpha value is 0.310. The maximum Gasteiger partial charge on any atom is 0.0444 e. The van der Waals surface area contributed by atoms with Gasteiger partial charge >= 0.3 is 0 Å². The summed E-state index contributed by atoms with van der Waals surface area (Å²) in [5.41, 5.74) is 0. The minimum Gasteiger partial charge on any atom is -0.294 e. The van der Waals surface area contributed by atoms with Crippen molar-refractivity contribution in [3.8, 4) is 0 Å². The lowest BCUT2D eigenvalue weighted by molar-refractivity contribution is 0.266. The van der Waals surface area contributed by atoms with Crippen LogP contribution in [0, 0.1) is 0 Å². The van der Waals surface area contributed by atoms with E-state index in [-0.39, 0.29) is 0 Å². The van der Waals surface area contributed by atoms with E-state index >= 15 is 0 Å². The largest absolute Gasteiger partial charge is 0.294 e. The highest BCUT2D eigenvalue weighted by atomic mass is 32.2. The van der Waals surface area contributed by atoms with E-state index in [9.17, 15) is 0 Å². The van der Waals surface area contributed by atoms with Crippen molar-refractivity contribution in [1.82, 2.24) is 4.90 Å². The van der Waals surface area contributed by atoms with Gasteiger partial charge in [-0.2, -0.15) is 0 Å². The van der Waals surface area contributed by atoms with Gasteiger partial charge in [0.05, 0.1) is 0 Å². The van der Waals surface area contributed by atoms with Crippen LogP contribution < -0.4 is 0 Å². The fraction of sp³-hybridized carbons (Fsp3) is 1.00. The highest BCUT2D eigenvalue weighted by Gasteiger charge is 2.08. The Morgan fingerprint density at radius 3 is 2.50 bits per heavy atom. The van der Waals surface area contributed by atoms with Crippen molar-refractivity contribution in [2.24, 2.45) is 0 Å². The smallest absolute Gasteiger partial charge is 0.0444 e. The molecule has 0 aromatic heterocycles. The van der Waals surface area contributed by atoms with Gasteiger partial charge in [-0.1, -0.05) is 13.3 Å². The number of piperidine rings is 1. The highest BCUT2D eigenvalue weighted by molar-refractivity contribution is 7.99. The zero-order valence-corrected chi connectivity index (χ0v) is 7.62. The van der Waals surface area contributed by atoms with Gasteiger partial charge in [-0.15, -0.1) is 11.8 Å². The molecule has 1 nitrogen and oxygen atoms in total. The van der Waals surface area contributed by atoms with Gasteiger partial charge in [0.1, 0.15) is 0 Å². The predicted octanol–water partition coefficient (Wildman–Crippen LogP) is 2.18. The fourth-order valence-electron chi connectivity index (χ4n) is 1.31. The molecule has 0 unspecified atom stereocenters. The van der Waals surface area contributed by atoms with Crippen molar-refractivity contribution in [2.45, 2.75) is 26.2 Å².